The summed E-state index contributed by atoms with van der Waals surface area (Å²) in [6.45, 7) is 16.6. The van der Waals surface area contributed by atoms with Gasteiger partial charge in [-0.25, -0.2) is 0 Å². The second-order valence-corrected chi connectivity index (χ2v) is 14.1. The van der Waals surface area contributed by atoms with Gasteiger partial charge >= 0.3 is 0 Å². The molecule has 0 bridgehead atoms. The van der Waals surface area contributed by atoms with Gasteiger partial charge in [-0.15, -0.1) is 0 Å². The van der Waals surface area contributed by atoms with Crippen molar-refractivity contribution in [2.45, 2.75) is 77.9 Å². The molecule has 0 atom stereocenters. The summed E-state index contributed by atoms with van der Waals surface area (Å²) in [5, 5.41) is 0. The molecule has 2 nitrogen and oxygen atoms in total. The highest BCUT2D eigenvalue weighted by atomic mass is 28.3. The average molecular weight is 373 g/mol. The average Bonchev–Trinajstić information content (AvgIpc) is 2.58. The number of ether oxygens (including phenoxy) is 2. The van der Waals surface area contributed by atoms with E-state index in [4.69, 9.17) is 9.47 Å². The Balaban J connectivity index is 2.57. The third-order valence-corrected chi connectivity index (χ3v) is 12.8. The molecular formula is C23H36O2Si. The van der Waals surface area contributed by atoms with Gasteiger partial charge in [-0.1, -0.05) is 60.6 Å². The lowest BCUT2D eigenvalue weighted by molar-refractivity contribution is 0.409. The first-order chi connectivity index (χ1) is 12.3. The van der Waals surface area contributed by atoms with Crippen molar-refractivity contribution in [3.63, 3.8) is 0 Å². The maximum Gasteiger partial charge on any atom is 0.135 e. The minimum Gasteiger partial charge on any atom is -0.497 e. The minimum atomic E-state index is -1.66. The Bertz CT molecular complexity index is 662. The van der Waals surface area contributed by atoms with Crippen LogP contribution in [0.5, 0.6) is 11.5 Å². The molecule has 0 saturated carbocycles. The Labute approximate surface area is 161 Å². The van der Waals surface area contributed by atoms with Crippen LogP contribution in [0.15, 0.2) is 35.7 Å². The lowest BCUT2D eigenvalue weighted by Crippen LogP contribution is -2.43. The third kappa shape index (κ3) is 3.93. The second-order valence-electron chi connectivity index (χ2n) is 8.39. The predicted molar refractivity (Wildman–Crippen MR) is 116 cm³/mol. The van der Waals surface area contributed by atoms with Crippen molar-refractivity contribution in [3.8, 4) is 11.5 Å². The van der Waals surface area contributed by atoms with Crippen LogP contribution in [0.1, 0.15) is 66.9 Å². The van der Waals surface area contributed by atoms with E-state index in [0.717, 1.165) is 30.1 Å². The second kappa shape index (κ2) is 8.47. The molecule has 0 radical (unpaired) electrons. The Morgan fingerprint density at radius 2 is 1.65 bits per heavy atom. The van der Waals surface area contributed by atoms with E-state index in [1.807, 2.05) is 12.1 Å². The molecule has 2 rings (SSSR count). The molecule has 0 unspecified atom stereocenters. The summed E-state index contributed by atoms with van der Waals surface area (Å²) in [5.41, 5.74) is 7.11. The molecule has 0 saturated heterocycles. The first kappa shape index (κ1) is 20.8. The molecule has 0 N–H and O–H groups in total. The monoisotopic (exact) mass is 372 g/mol. The van der Waals surface area contributed by atoms with Crippen LogP contribution >= 0.6 is 0 Å². The smallest absolute Gasteiger partial charge is 0.135 e. The highest BCUT2D eigenvalue weighted by Crippen LogP contribution is 2.45. The Kier molecular flexibility index (Phi) is 6.78. The van der Waals surface area contributed by atoms with Crippen molar-refractivity contribution in [1.29, 1.82) is 0 Å². The third-order valence-electron chi connectivity index (χ3n) is 5.99. The van der Waals surface area contributed by atoms with Crippen LogP contribution in [0.2, 0.25) is 16.6 Å². The molecule has 1 aliphatic heterocycles. The summed E-state index contributed by atoms with van der Waals surface area (Å²) in [5.74, 6) is 2.90. The topological polar surface area (TPSA) is 18.5 Å². The van der Waals surface area contributed by atoms with Gasteiger partial charge in [-0.2, -0.15) is 0 Å². The zero-order valence-electron chi connectivity index (χ0n) is 17.8. The van der Waals surface area contributed by atoms with Crippen LogP contribution < -0.4 is 9.47 Å². The van der Waals surface area contributed by atoms with Crippen LogP contribution in [0.25, 0.3) is 5.57 Å². The van der Waals surface area contributed by atoms with E-state index >= 15 is 0 Å². The van der Waals surface area contributed by atoms with Gasteiger partial charge in [0.25, 0.3) is 0 Å². The summed E-state index contributed by atoms with van der Waals surface area (Å²) < 4.78 is 11.8. The maximum atomic E-state index is 6.38. The molecule has 144 valence electrons. The van der Waals surface area contributed by atoms with Crippen LogP contribution in [0, 0.1) is 0 Å². The van der Waals surface area contributed by atoms with Gasteiger partial charge in [0.2, 0.25) is 0 Å². The summed E-state index contributed by atoms with van der Waals surface area (Å²) in [7, 11) is 0.0532. The molecule has 0 aromatic heterocycles. The molecule has 1 aromatic carbocycles. The fraction of sp³-hybridized carbons (Fsp3) is 0.565. The molecule has 0 aliphatic carbocycles. The van der Waals surface area contributed by atoms with Gasteiger partial charge in [0.05, 0.1) is 15.2 Å². The molecule has 0 amide bonds. The van der Waals surface area contributed by atoms with Crippen LogP contribution in [0.4, 0.5) is 0 Å². The molecular weight excluding hydrogens is 336 g/mol. The van der Waals surface area contributed by atoms with Crippen molar-refractivity contribution >= 4 is 13.6 Å². The fourth-order valence-corrected chi connectivity index (χ4v) is 10.3. The van der Waals surface area contributed by atoms with E-state index in [1.165, 1.54) is 11.1 Å². The number of hydrogen-bond acceptors (Lipinski definition) is 2. The Hall–Kier alpha value is -1.48. The summed E-state index contributed by atoms with van der Waals surface area (Å²) >= 11 is 0. The molecule has 3 heteroatoms. The van der Waals surface area contributed by atoms with Crippen LogP contribution in [-0.4, -0.2) is 15.2 Å². The molecule has 1 aliphatic rings. The minimum absolute atomic E-state index is 0.680. The van der Waals surface area contributed by atoms with Crippen molar-refractivity contribution in [1.82, 2.24) is 0 Å². The lowest BCUT2D eigenvalue weighted by atomic mass is 9.97. The zero-order valence-corrected chi connectivity index (χ0v) is 18.8. The summed E-state index contributed by atoms with van der Waals surface area (Å²) in [6, 6.07) is 6.14. The van der Waals surface area contributed by atoms with Gasteiger partial charge in [-0.3, -0.25) is 0 Å². The highest BCUT2D eigenvalue weighted by Gasteiger charge is 2.41. The first-order valence-electron chi connectivity index (χ1n) is 10.1. The highest BCUT2D eigenvalue weighted by molar-refractivity contribution is 6.88. The van der Waals surface area contributed by atoms with E-state index < -0.39 is 8.07 Å². The lowest BCUT2D eigenvalue weighted by Gasteiger charge is -2.41. The number of fused-ring (bicyclic) bond motifs is 1. The van der Waals surface area contributed by atoms with Gasteiger partial charge in [-0.05, 0) is 52.9 Å². The van der Waals surface area contributed by atoms with Crippen LogP contribution in [0.3, 0.4) is 0 Å². The molecule has 1 aromatic rings. The van der Waals surface area contributed by atoms with Gasteiger partial charge < -0.3 is 9.47 Å². The normalized spacial score (nSPS) is 16.1. The van der Waals surface area contributed by atoms with Gasteiger partial charge in [0.15, 0.2) is 0 Å². The van der Waals surface area contributed by atoms with E-state index in [9.17, 15) is 0 Å². The van der Waals surface area contributed by atoms with Crippen molar-refractivity contribution in [2.24, 2.45) is 0 Å². The summed E-state index contributed by atoms with van der Waals surface area (Å²) in [6.07, 6.45) is 4.46. The Morgan fingerprint density at radius 1 is 1.04 bits per heavy atom. The molecule has 0 spiro atoms. The number of benzene rings is 1. The van der Waals surface area contributed by atoms with Crippen molar-refractivity contribution in [3.05, 3.63) is 41.3 Å². The van der Waals surface area contributed by atoms with Crippen LogP contribution in [-0.2, 0) is 0 Å². The number of hydrogen-bond donors (Lipinski definition) is 0. The van der Waals surface area contributed by atoms with E-state index in [2.05, 4.69) is 66.3 Å². The van der Waals surface area contributed by atoms with Gasteiger partial charge in [0, 0.05) is 5.56 Å². The van der Waals surface area contributed by atoms with E-state index in [0.29, 0.717) is 16.6 Å². The molecule has 26 heavy (non-hydrogen) atoms. The van der Waals surface area contributed by atoms with E-state index in [1.54, 1.807) is 7.11 Å². The molecule has 0 fully saturated rings. The number of rotatable bonds is 7. The number of methoxy groups -OCH3 is 1. The standard InChI is InChI=1S/C23H36O2Si/c1-9-10-19-13-21(15-26(16(2)3,17(4)5)18(6)7)25-23-12-11-20(24-8)14-22(19)23/h11-18H,9-10H2,1-8H3/b21-15-. The van der Waals surface area contributed by atoms with Crippen molar-refractivity contribution < 1.29 is 9.47 Å². The predicted octanol–water partition coefficient (Wildman–Crippen LogP) is 7.37. The Morgan fingerprint density at radius 3 is 2.15 bits per heavy atom. The van der Waals surface area contributed by atoms with E-state index in [-0.39, 0.29) is 0 Å². The zero-order chi connectivity index (χ0) is 19.5. The summed E-state index contributed by atoms with van der Waals surface area (Å²) in [4.78, 5) is 0. The largest absolute Gasteiger partial charge is 0.497 e. The molecule has 1 heterocycles. The maximum absolute atomic E-state index is 6.38. The van der Waals surface area contributed by atoms with Crippen molar-refractivity contribution in [2.75, 3.05) is 7.11 Å². The fourth-order valence-electron chi connectivity index (χ4n) is 4.68. The van der Waals surface area contributed by atoms with Gasteiger partial charge in [0.1, 0.15) is 17.3 Å². The quantitative estimate of drug-likeness (QED) is 0.465. The number of allylic oxidation sites excluding steroid dienone is 2. The first-order valence-corrected chi connectivity index (χ1v) is 12.4. The SMILES string of the molecule is CCCC1=C/C(=C/[Si](C(C)C)(C(C)C)C(C)C)Oc2ccc(OC)cc21.